The first-order chi connectivity index (χ1) is 11.1. The molecule has 0 aliphatic heterocycles. The van der Waals surface area contributed by atoms with E-state index in [1.165, 1.54) is 11.1 Å². The summed E-state index contributed by atoms with van der Waals surface area (Å²) in [5, 5.41) is 12.8. The molecule has 0 bridgehead atoms. The molecule has 2 rings (SSSR count). The Balaban J connectivity index is 1.79. The summed E-state index contributed by atoms with van der Waals surface area (Å²) in [6.07, 6.45) is 1.86. The molecule has 0 aromatic heterocycles. The van der Waals surface area contributed by atoms with Crippen molar-refractivity contribution in [2.75, 3.05) is 18.9 Å². The monoisotopic (exact) mass is 314 g/mol. The Hall–Kier alpha value is -2.20. The van der Waals surface area contributed by atoms with Crippen molar-refractivity contribution in [1.82, 2.24) is 5.32 Å². The van der Waals surface area contributed by atoms with Crippen molar-refractivity contribution in [3.8, 4) is 11.5 Å². The average molecular weight is 314 g/mol. The lowest BCUT2D eigenvalue weighted by molar-refractivity contribution is 0.342. The number of benzene rings is 2. The number of nitrogens with two attached hydrogens (primary N) is 1. The van der Waals surface area contributed by atoms with Gasteiger partial charge in [-0.3, -0.25) is 0 Å². The first-order valence-corrected chi connectivity index (χ1v) is 8.11. The number of hydrogen-bond acceptors (Lipinski definition) is 4. The van der Waals surface area contributed by atoms with Gasteiger partial charge >= 0.3 is 0 Å². The van der Waals surface area contributed by atoms with E-state index in [2.05, 4.69) is 18.3 Å². The van der Waals surface area contributed by atoms with E-state index in [9.17, 15) is 5.11 Å². The van der Waals surface area contributed by atoms with E-state index in [4.69, 9.17) is 10.5 Å². The second kappa shape index (κ2) is 8.44. The number of rotatable bonds is 8. The van der Waals surface area contributed by atoms with Crippen LogP contribution in [0.2, 0.25) is 0 Å². The molecule has 1 unspecified atom stereocenters. The van der Waals surface area contributed by atoms with Crippen LogP contribution in [0.3, 0.4) is 0 Å². The summed E-state index contributed by atoms with van der Waals surface area (Å²) in [6, 6.07) is 13.7. The molecule has 2 aromatic rings. The first-order valence-electron chi connectivity index (χ1n) is 8.11. The summed E-state index contributed by atoms with van der Waals surface area (Å²) < 4.78 is 5.46. The normalized spacial score (nSPS) is 12.1. The van der Waals surface area contributed by atoms with Crippen LogP contribution in [0.25, 0.3) is 0 Å². The molecule has 0 aliphatic carbocycles. The molecule has 1 atom stereocenters. The highest BCUT2D eigenvalue weighted by Crippen LogP contribution is 2.23. The highest BCUT2D eigenvalue weighted by Gasteiger charge is 2.06. The maximum Gasteiger partial charge on any atom is 0.142 e. The molecular weight excluding hydrogens is 288 g/mol. The number of aromatic hydroxyl groups is 1. The van der Waals surface area contributed by atoms with Gasteiger partial charge in [0.1, 0.15) is 11.5 Å². The summed E-state index contributed by atoms with van der Waals surface area (Å²) in [5.41, 5.74) is 9.12. The number of phenols is 1. The zero-order valence-corrected chi connectivity index (χ0v) is 13.9. The first kappa shape index (κ1) is 17.2. The Morgan fingerprint density at radius 3 is 2.48 bits per heavy atom. The van der Waals surface area contributed by atoms with Crippen LogP contribution in [0, 0.1) is 0 Å². The summed E-state index contributed by atoms with van der Waals surface area (Å²) >= 11 is 0. The quantitative estimate of drug-likeness (QED) is 0.655. The fourth-order valence-electron chi connectivity index (χ4n) is 2.56. The third kappa shape index (κ3) is 5.49. The highest BCUT2D eigenvalue weighted by atomic mass is 16.5. The molecule has 0 amide bonds. The van der Waals surface area contributed by atoms with Gasteiger partial charge in [-0.1, -0.05) is 18.2 Å². The lowest BCUT2D eigenvalue weighted by atomic mass is 10.1. The number of anilines is 1. The van der Waals surface area contributed by atoms with Crippen molar-refractivity contribution in [3.63, 3.8) is 0 Å². The Bertz CT molecular complexity index is 611. The van der Waals surface area contributed by atoms with Gasteiger partial charge in [-0.05, 0) is 68.6 Å². The molecule has 0 radical (unpaired) electrons. The van der Waals surface area contributed by atoms with Crippen molar-refractivity contribution < 1.29 is 9.84 Å². The molecule has 124 valence electrons. The van der Waals surface area contributed by atoms with E-state index in [1.807, 2.05) is 31.2 Å². The smallest absolute Gasteiger partial charge is 0.142 e. The molecule has 0 spiro atoms. The van der Waals surface area contributed by atoms with Crippen molar-refractivity contribution in [3.05, 3.63) is 53.6 Å². The van der Waals surface area contributed by atoms with Gasteiger partial charge in [-0.15, -0.1) is 0 Å². The van der Waals surface area contributed by atoms with Crippen molar-refractivity contribution >= 4 is 5.69 Å². The second-order valence-corrected chi connectivity index (χ2v) is 5.78. The topological polar surface area (TPSA) is 67.5 Å². The molecule has 0 saturated heterocycles. The molecular formula is C19H26N2O2. The van der Waals surface area contributed by atoms with Crippen LogP contribution >= 0.6 is 0 Å². The lowest BCUT2D eigenvalue weighted by Crippen LogP contribution is -2.30. The van der Waals surface area contributed by atoms with E-state index >= 15 is 0 Å². The van der Waals surface area contributed by atoms with Crippen LogP contribution in [0.5, 0.6) is 11.5 Å². The molecule has 0 heterocycles. The van der Waals surface area contributed by atoms with Crippen LogP contribution in [0.15, 0.2) is 42.5 Å². The molecule has 0 fully saturated rings. The van der Waals surface area contributed by atoms with Crippen molar-refractivity contribution in [2.24, 2.45) is 0 Å². The fraction of sp³-hybridized carbons (Fsp3) is 0.368. The second-order valence-electron chi connectivity index (χ2n) is 5.78. The van der Waals surface area contributed by atoms with E-state index < -0.39 is 0 Å². The molecule has 4 nitrogen and oxygen atoms in total. The van der Waals surface area contributed by atoms with Gasteiger partial charge in [-0.25, -0.2) is 0 Å². The molecule has 4 N–H and O–H groups in total. The van der Waals surface area contributed by atoms with Gasteiger partial charge in [0, 0.05) is 6.04 Å². The number of nitrogen functional groups attached to an aromatic ring is 1. The summed E-state index contributed by atoms with van der Waals surface area (Å²) in [5.74, 6) is 1.06. The largest absolute Gasteiger partial charge is 0.508 e. The minimum atomic E-state index is 0.308. The average Bonchev–Trinajstić information content (AvgIpc) is 2.52. The van der Waals surface area contributed by atoms with Crippen LogP contribution in [-0.4, -0.2) is 24.3 Å². The standard InChI is InChI=1S/C19H26N2O2/c1-3-23-19-9-6-16(13-18(19)20)12-14(2)21-11-10-15-4-7-17(22)8-5-15/h4-9,13-14,21-22H,3,10-12,20H2,1-2H3. The molecule has 4 heteroatoms. The minimum Gasteiger partial charge on any atom is -0.508 e. The third-order valence-corrected chi connectivity index (χ3v) is 3.76. The Morgan fingerprint density at radius 2 is 1.83 bits per heavy atom. The van der Waals surface area contributed by atoms with Gasteiger partial charge in [-0.2, -0.15) is 0 Å². The van der Waals surface area contributed by atoms with E-state index in [-0.39, 0.29) is 0 Å². The number of ether oxygens (including phenoxy) is 1. The van der Waals surface area contributed by atoms with Crippen molar-refractivity contribution in [1.29, 1.82) is 0 Å². The molecule has 0 aliphatic rings. The van der Waals surface area contributed by atoms with Crippen LogP contribution in [0.4, 0.5) is 5.69 Å². The van der Waals surface area contributed by atoms with Crippen molar-refractivity contribution in [2.45, 2.75) is 32.7 Å². The highest BCUT2D eigenvalue weighted by molar-refractivity contribution is 5.54. The number of hydrogen-bond donors (Lipinski definition) is 3. The summed E-state index contributed by atoms with van der Waals surface area (Å²) in [7, 11) is 0. The maximum atomic E-state index is 9.28. The van der Waals surface area contributed by atoms with Gasteiger partial charge in [0.15, 0.2) is 0 Å². The lowest BCUT2D eigenvalue weighted by Gasteiger charge is -2.15. The maximum absolute atomic E-state index is 9.28. The summed E-state index contributed by atoms with van der Waals surface area (Å²) in [4.78, 5) is 0. The van der Waals surface area contributed by atoms with Crippen LogP contribution in [-0.2, 0) is 12.8 Å². The predicted molar refractivity (Wildman–Crippen MR) is 95.0 cm³/mol. The van der Waals surface area contributed by atoms with E-state index in [0.717, 1.165) is 25.1 Å². The van der Waals surface area contributed by atoms with Gasteiger partial charge in [0.25, 0.3) is 0 Å². The Labute approximate surface area is 138 Å². The predicted octanol–water partition coefficient (Wildman–Crippen LogP) is 3.14. The van der Waals surface area contributed by atoms with Crippen LogP contribution < -0.4 is 15.8 Å². The van der Waals surface area contributed by atoms with E-state index in [1.54, 1.807) is 12.1 Å². The minimum absolute atomic E-state index is 0.308. The van der Waals surface area contributed by atoms with E-state index in [0.29, 0.717) is 24.1 Å². The van der Waals surface area contributed by atoms with Crippen LogP contribution in [0.1, 0.15) is 25.0 Å². The fourth-order valence-corrected chi connectivity index (χ4v) is 2.56. The zero-order chi connectivity index (χ0) is 16.7. The molecule has 23 heavy (non-hydrogen) atoms. The SMILES string of the molecule is CCOc1ccc(CC(C)NCCc2ccc(O)cc2)cc1N. The number of nitrogens with one attached hydrogen (secondary N) is 1. The number of phenolic OH excluding ortho intramolecular Hbond substituents is 1. The van der Waals surface area contributed by atoms with Gasteiger partial charge in [0.05, 0.1) is 12.3 Å². The molecule has 2 aromatic carbocycles. The third-order valence-electron chi connectivity index (χ3n) is 3.76. The summed E-state index contributed by atoms with van der Waals surface area (Å²) in [6.45, 7) is 5.65. The molecule has 0 saturated carbocycles. The van der Waals surface area contributed by atoms with Gasteiger partial charge < -0.3 is 20.9 Å². The Kier molecular flexibility index (Phi) is 6.29. The Morgan fingerprint density at radius 1 is 1.13 bits per heavy atom. The zero-order valence-electron chi connectivity index (χ0n) is 13.9. The van der Waals surface area contributed by atoms with Gasteiger partial charge in [0.2, 0.25) is 0 Å².